The van der Waals surface area contributed by atoms with Crippen LogP contribution in [0.2, 0.25) is 13.1 Å². The Morgan fingerprint density at radius 3 is 1.26 bits per heavy atom. The van der Waals surface area contributed by atoms with Gasteiger partial charge >= 0.3 is 0 Å². The Balaban J connectivity index is 2.67. The molecule has 0 aliphatic heterocycles. The number of allylic oxidation sites excluding steroid dienone is 8. The Bertz CT molecular complexity index is 675. The van der Waals surface area contributed by atoms with Gasteiger partial charge in [0, 0.05) is 0 Å². The molecule has 2 aliphatic carbocycles. The SMILES string of the molecule is CCC1=CC(C(C)(C)C)=CC1(Cl)[Si](C)(C)C1(Cl)C=C(C(C)(C)C)C=C1CC. The summed E-state index contributed by atoms with van der Waals surface area (Å²) < 4.78 is -0.908. The first kappa shape index (κ1) is 23.0. The number of alkyl halides is 2. The third-order valence-electron chi connectivity index (χ3n) is 6.62. The standard InChI is InChI=1S/C24H38Cl2Si/c1-11-17-13-19(21(3,4)5)15-23(17,25)27(9,10)24(26)16-20(22(6,7)8)14-18(24)12-2/h13-16H,11-12H2,1-10H3. The van der Waals surface area contributed by atoms with E-state index in [4.69, 9.17) is 23.2 Å². The molecule has 0 saturated heterocycles. The molecular weight excluding hydrogens is 387 g/mol. The number of hydrogen-bond donors (Lipinski definition) is 0. The Labute approximate surface area is 178 Å². The van der Waals surface area contributed by atoms with Crippen LogP contribution in [0.5, 0.6) is 0 Å². The second kappa shape index (κ2) is 6.92. The highest BCUT2D eigenvalue weighted by molar-refractivity contribution is 6.97. The van der Waals surface area contributed by atoms with Crippen LogP contribution in [0.1, 0.15) is 68.2 Å². The van der Waals surface area contributed by atoms with Crippen molar-refractivity contribution in [1.29, 1.82) is 0 Å². The van der Waals surface area contributed by atoms with Gasteiger partial charge in [-0.05, 0) is 46.0 Å². The van der Waals surface area contributed by atoms with Gasteiger partial charge in [-0.1, -0.05) is 92.8 Å². The molecule has 0 radical (unpaired) electrons. The lowest BCUT2D eigenvalue weighted by molar-refractivity contribution is 0.517. The van der Waals surface area contributed by atoms with Gasteiger partial charge in [0.25, 0.3) is 0 Å². The molecule has 0 spiro atoms. The molecule has 152 valence electrons. The van der Waals surface area contributed by atoms with Crippen LogP contribution in [0.3, 0.4) is 0 Å². The molecule has 0 aromatic carbocycles. The van der Waals surface area contributed by atoms with E-state index in [1.54, 1.807) is 0 Å². The van der Waals surface area contributed by atoms with Gasteiger partial charge in [0.2, 0.25) is 0 Å². The van der Waals surface area contributed by atoms with Crippen molar-refractivity contribution in [2.45, 2.75) is 90.3 Å². The molecule has 0 fully saturated rings. The molecular formula is C24H38Cl2Si. The minimum Gasteiger partial charge on any atom is -0.114 e. The molecule has 2 unspecified atom stereocenters. The van der Waals surface area contributed by atoms with Gasteiger partial charge in [-0.3, -0.25) is 0 Å². The lowest BCUT2D eigenvalue weighted by atomic mass is 9.87. The number of rotatable bonds is 4. The van der Waals surface area contributed by atoms with Gasteiger partial charge < -0.3 is 0 Å². The van der Waals surface area contributed by atoms with Crippen LogP contribution in [0.4, 0.5) is 0 Å². The summed E-state index contributed by atoms with van der Waals surface area (Å²) in [6, 6.07) is 0. The predicted molar refractivity (Wildman–Crippen MR) is 126 cm³/mol. The van der Waals surface area contributed by atoms with Crippen molar-refractivity contribution >= 4 is 31.3 Å². The van der Waals surface area contributed by atoms with Crippen molar-refractivity contribution < 1.29 is 0 Å². The van der Waals surface area contributed by atoms with Crippen LogP contribution in [0, 0.1) is 10.8 Å². The molecule has 0 heterocycles. The van der Waals surface area contributed by atoms with E-state index in [1.165, 1.54) is 22.3 Å². The Morgan fingerprint density at radius 2 is 1.04 bits per heavy atom. The quantitative estimate of drug-likeness (QED) is 0.313. The molecule has 2 rings (SSSR count). The van der Waals surface area contributed by atoms with Crippen LogP contribution in [-0.2, 0) is 0 Å². The second-order valence-electron chi connectivity index (χ2n) is 10.8. The van der Waals surface area contributed by atoms with Crippen molar-refractivity contribution in [3.8, 4) is 0 Å². The van der Waals surface area contributed by atoms with E-state index in [2.05, 4.69) is 92.8 Å². The van der Waals surface area contributed by atoms with Gasteiger partial charge in [0.05, 0.1) is 8.99 Å². The minimum atomic E-state index is -2.25. The van der Waals surface area contributed by atoms with E-state index in [0.717, 1.165) is 12.8 Å². The monoisotopic (exact) mass is 424 g/mol. The van der Waals surface area contributed by atoms with E-state index >= 15 is 0 Å². The summed E-state index contributed by atoms with van der Waals surface area (Å²) in [5.41, 5.74) is 5.53. The van der Waals surface area contributed by atoms with Crippen molar-refractivity contribution in [3.63, 3.8) is 0 Å². The van der Waals surface area contributed by atoms with Crippen LogP contribution in [0.25, 0.3) is 0 Å². The normalized spacial score (nSPS) is 29.5. The Kier molecular flexibility index (Phi) is 5.91. The van der Waals surface area contributed by atoms with Crippen molar-refractivity contribution in [3.05, 3.63) is 46.6 Å². The molecule has 2 aliphatic rings. The molecule has 0 nitrogen and oxygen atoms in total. The first-order valence-corrected chi connectivity index (χ1v) is 14.1. The third kappa shape index (κ3) is 3.58. The second-order valence-corrected chi connectivity index (χ2v) is 17.4. The zero-order chi connectivity index (χ0) is 21.1. The van der Waals surface area contributed by atoms with Gasteiger partial charge in [0.1, 0.15) is 8.07 Å². The molecule has 3 heteroatoms. The Hall–Kier alpha value is -0.243. The number of halogens is 2. The average molecular weight is 426 g/mol. The van der Waals surface area contributed by atoms with Crippen molar-refractivity contribution in [1.82, 2.24) is 0 Å². The van der Waals surface area contributed by atoms with Crippen molar-refractivity contribution in [2.75, 3.05) is 0 Å². The van der Waals surface area contributed by atoms with Crippen LogP contribution in [0.15, 0.2) is 46.6 Å². The maximum absolute atomic E-state index is 7.56. The molecule has 0 aromatic heterocycles. The summed E-state index contributed by atoms with van der Waals surface area (Å²) in [6.45, 7) is 22.8. The van der Waals surface area contributed by atoms with E-state index in [0.29, 0.717) is 0 Å². The van der Waals surface area contributed by atoms with E-state index in [1.807, 2.05) is 0 Å². The van der Waals surface area contributed by atoms with E-state index in [-0.39, 0.29) is 10.8 Å². The molecule has 0 amide bonds. The average Bonchev–Trinajstić information content (AvgIpc) is 3.06. The first-order chi connectivity index (χ1) is 12.0. The highest BCUT2D eigenvalue weighted by Gasteiger charge is 2.61. The van der Waals surface area contributed by atoms with Crippen molar-refractivity contribution in [2.24, 2.45) is 10.8 Å². The summed E-state index contributed by atoms with van der Waals surface area (Å²) in [5.74, 6) is 0. The highest BCUT2D eigenvalue weighted by atomic mass is 35.5. The summed E-state index contributed by atoms with van der Waals surface area (Å²) in [7, 11) is -2.25. The minimum absolute atomic E-state index is 0.0898. The van der Waals surface area contributed by atoms with E-state index < -0.39 is 17.1 Å². The molecule has 0 saturated carbocycles. The summed E-state index contributed by atoms with van der Waals surface area (Å²) in [5, 5.41) is 0. The summed E-state index contributed by atoms with van der Waals surface area (Å²) in [6.07, 6.45) is 11.3. The molecule has 0 aromatic rings. The largest absolute Gasteiger partial charge is 0.115 e. The Morgan fingerprint density at radius 1 is 0.741 bits per heavy atom. The fourth-order valence-corrected chi connectivity index (χ4v) is 9.61. The molecule has 0 bridgehead atoms. The fraction of sp³-hybridized carbons (Fsp3) is 0.667. The lowest BCUT2D eigenvalue weighted by Crippen LogP contribution is -2.63. The van der Waals surface area contributed by atoms with Gasteiger partial charge in [-0.2, -0.15) is 0 Å². The third-order valence-corrected chi connectivity index (χ3v) is 14.7. The molecule has 27 heavy (non-hydrogen) atoms. The summed E-state index contributed by atoms with van der Waals surface area (Å²) in [4.78, 5) is 0. The van der Waals surface area contributed by atoms with Crippen LogP contribution < -0.4 is 0 Å². The maximum atomic E-state index is 7.56. The zero-order valence-electron chi connectivity index (χ0n) is 19.0. The topological polar surface area (TPSA) is 0 Å². The predicted octanol–water partition coefficient (Wildman–Crippen LogP) is 8.37. The molecule has 0 N–H and O–H groups in total. The zero-order valence-corrected chi connectivity index (χ0v) is 21.5. The van der Waals surface area contributed by atoms with Crippen LogP contribution in [-0.4, -0.2) is 17.1 Å². The molecule has 2 atom stereocenters. The maximum Gasteiger partial charge on any atom is 0.115 e. The van der Waals surface area contributed by atoms with Gasteiger partial charge in [0.15, 0.2) is 0 Å². The van der Waals surface area contributed by atoms with Crippen LogP contribution >= 0.6 is 23.2 Å². The van der Waals surface area contributed by atoms with E-state index in [9.17, 15) is 0 Å². The van der Waals surface area contributed by atoms with Gasteiger partial charge in [-0.25, -0.2) is 0 Å². The fourth-order valence-electron chi connectivity index (χ4n) is 4.30. The smallest absolute Gasteiger partial charge is 0.114 e. The van der Waals surface area contributed by atoms with Gasteiger partial charge in [-0.15, -0.1) is 23.2 Å². The summed E-state index contributed by atoms with van der Waals surface area (Å²) >= 11 is 15.1. The first-order valence-electron chi connectivity index (χ1n) is 10.3. The number of hydrogen-bond acceptors (Lipinski definition) is 0. The highest BCUT2D eigenvalue weighted by Crippen LogP contribution is 2.56. The lowest BCUT2D eigenvalue weighted by Gasteiger charge is -2.48.